The molecule has 0 bridgehead atoms. The Balaban J connectivity index is 1.24. The van der Waals surface area contributed by atoms with E-state index in [9.17, 15) is 22.8 Å². The summed E-state index contributed by atoms with van der Waals surface area (Å²) in [7, 11) is 1.45. The van der Waals surface area contributed by atoms with Crippen LogP contribution < -0.4 is 0 Å². The molecule has 0 radical (unpaired) electrons. The van der Waals surface area contributed by atoms with Gasteiger partial charge in [0, 0.05) is 24.8 Å². The Labute approximate surface area is 240 Å². The second-order valence-electron chi connectivity index (χ2n) is 10.9. The zero-order valence-electron chi connectivity index (χ0n) is 23.0. The van der Waals surface area contributed by atoms with Crippen molar-refractivity contribution >= 4 is 22.9 Å². The third-order valence-corrected chi connectivity index (χ3v) is 8.11. The highest BCUT2D eigenvalue weighted by molar-refractivity contribution is 5.94. The molecule has 2 aromatic carbocycles. The Kier molecular flexibility index (Phi) is 7.19. The number of alkyl halides is 3. The van der Waals surface area contributed by atoms with Gasteiger partial charge in [0.05, 0.1) is 18.5 Å². The van der Waals surface area contributed by atoms with Crippen LogP contribution in [0, 0.1) is 0 Å². The molecule has 1 N–H and O–H groups in total. The molecule has 2 aliphatic heterocycles. The van der Waals surface area contributed by atoms with Crippen LogP contribution in [0.15, 0.2) is 66.9 Å². The number of likely N-dealkylation sites (N-methyl/N-ethyl adjacent to an activating group) is 1. The van der Waals surface area contributed by atoms with Crippen LogP contribution in [-0.2, 0) is 27.4 Å². The number of piperazine rings is 1. The van der Waals surface area contributed by atoms with Crippen molar-refractivity contribution in [3.63, 3.8) is 0 Å². The fraction of sp³-hybridized carbons (Fsp3) is 0.333. The molecular formula is C30H30F3N6O3+. The van der Waals surface area contributed by atoms with Gasteiger partial charge in [-0.2, -0.15) is 18.3 Å². The van der Waals surface area contributed by atoms with Crippen LogP contribution in [0.2, 0.25) is 0 Å². The lowest BCUT2D eigenvalue weighted by Crippen LogP contribution is -2.60. The molecule has 1 amide bonds. The maximum Gasteiger partial charge on any atom is 0.497 e. The summed E-state index contributed by atoms with van der Waals surface area (Å²) in [5, 5.41) is 8.53. The molecule has 2 aliphatic rings. The summed E-state index contributed by atoms with van der Waals surface area (Å²) in [6, 6.07) is 18.6. The maximum absolute atomic E-state index is 14.2. The second-order valence-corrected chi connectivity index (χ2v) is 10.9. The summed E-state index contributed by atoms with van der Waals surface area (Å²) in [6.45, 7) is 1.66. The topological polar surface area (TPSA) is 91.4 Å². The quantitative estimate of drug-likeness (QED) is 0.359. The van der Waals surface area contributed by atoms with Gasteiger partial charge in [0.1, 0.15) is 31.9 Å². The number of quaternary nitrogens is 1. The number of hydroxylamine groups is 3. The standard InChI is InChI=1S/C30H30F3N6O3/c1-39(42-29(41)30(31,32)33)16-14-37(15-17-39)26(21-10-6-3-7-11-21)28(40)38-13-12-23-22(19-38)18-34-27-24(23)25(35-36-27)20-8-4-2-5-9-20/h2-11,18,26H,12-17,19H2,1H3,(H,34,35,36)/q+1. The Morgan fingerprint density at radius 3 is 2.33 bits per heavy atom. The number of hydrogen-bond acceptors (Lipinski definition) is 6. The number of nitrogens with one attached hydrogen (secondary N) is 1. The van der Waals surface area contributed by atoms with Crippen molar-refractivity contribution < 1.29 is 32.2 Å². The Hall–Kier alpha value is -4.29. The average Bonchev–Trinajstić information content (AvgIpc) is 3.43. The molecule has 1 unspecified atom stereocenters. The maximum atomic E-state index is 14.2. The van der Waals surface area contributed by atoms with Gasteiger partial charge in [-0.15, -0.1) is 4.65 Å². The number of aromatic amines is 1. The van der Waals surface area contributed by atoms with Gasteiger partial charge in [-0.05, 0) is 23.1 Å². The van der Waals surface area contributed by atoms with E-state index in [1.807, 2.05) is 70.5 Å². The molecule has 0 spiro atoms. The van der Waals surface area contributed by atoms with E-state index in [0.29, 0.717) is 25.2 Å². The molecule has 6 rings (SSSR count). The zero-order valence-corrected chi connectivity index (χ0v) is 23.0. The van der Waals surface area contributed by atoms with Crippen LogP contribution in [0.1, 0.15) is 22.7 Å². The highest BCUT2D eigenvalue weighted by atomic mass is 19.4. The van der Waals surface area contributed by atoms with Crippen molar-refractivity contribution in [2.75, 3.05) is 39.8 Å². The number of carbonyl (C=O) groups excluding carboxylic acids is 2. The van der Waals surface area contributed by atoms with Crippen LogP contribution in [0.25, 0.3) is 22.3 Å². The first kappa shape index (κ1) is 27.9. The van der Waals surface area contributed by atoms with Gasteiger partial charge in [0.2, 0.25) is 5.91 Å². The van der Waals surface area contributed by atoms with E-state index < -0.39 is 22.8 Å². The largest absolute Gasteiger partial charge is 0.497 e. The number of rotatable bonds is 5. The molecule has 4 heterocycles. The summed E-state index contributed by atoms with van der Waals surface area (Å²) < 4.78 is 38.0. The number of benzene rings is 2. The number of halogens is 3. The molecule has 12 heteroatoms. The average molecular weight is 580 g/mol. The minimum Gasteiger partial charge on any atom is -0.336 e. The van der Waals surface area contributed by atoms with E-state index in [1.54, 1.807) is 6.20 Å². The lowest BCUT2D eigenvalue weighted by molar-refractivity contribution is -1.08. The molecule has 1 fully saturated rings. The minimum atomic E-state index is -5.07. The van der Waals surface area contributed by atoms with E-state index >= 15 is 0 Å². The van der Waals surface area contributed by atoms with Crippen LogP contribution in [0.5, 0.6) is 0 Å². The van der Waals surface area contributed by atoms with Gasteiger partial charge in [0.25, 0.3) is 0 Å². The minimum absolute atomic E-state index is 0.0918. The second kappa shape index (κ2) is 10.8. The molecular weight excluding hydrogens is 549 g/mol. The first-order valence-corrected chi connectivity index (χ1v) is 13.8. The van der Waals surface area contributed by atoms with E-state index in [0.717, 1.165) is 33.3 Å². The van der Waals surface area contributed by atoms with E-state index in [1.165, 1.54) is 7.05 Å². The third-order valence-electron chi connectivity index (χ3n) is 8.11. The molecule has 42 heavy (non-hydrogen) atoms. The van der Waals surface area contributed by atoms with Crippen LogP contribution in [0.4, 0.5) is 13.2 Å². The molecule has 2 aromatic heterocycles. The third kappa shape index (κ3) is 5.35. The molecule has 9 nitrogen and oxygen atoms in total. The summed E-state index contributed by atoms with van der Waals surface area (Å²) in [6.07, 6.45) is -2.64. The number of nitrogens with zero attached hydrogens (tertiary/aromatic N) is 5. The highest BCUT2D eigenvalue weighted by Crippen LogP contribution is 2.34. The van der Waals surface area contributed by atoms with Crippen molar-refractivity contribution in [3.8, 4) is 11.3 Å². The predicted octanol–water partition coefficient (Wildman–Crippen LogP) is 4.03. The lowest BCUT2D eigenvalue weighted by atomic mass is 9.94. The summed E-state index contributed by atoms with van der Waals surface area (Å²) >= 11 is 0. The number of hydrogen-bond donors (Lipinski definition) is 1. The van der Waals surface area contributed by atoms with Gasteiger partial charge in [-0.1, -0.05) is 60.7 Å². The molecule has 0 aliphatic carbocycles. The van der Waals surface area contributed by atoms with Gasteiger partial charge in [0.15, 0.2) is 5.65 Å². The van der Waals surface area contributed by atoms with Gasteiger partial charge < -0.3 is 4.90 Å². The Morgan fingerprint density at radius 2 is 1.67 bits per heavy atom. The van der Waals surface area contributed by atoms with Crippen molar-refractivity contribution in [1.82, 2.24) is 25.0 Å². The first-order chi connectivity index (χ1) is 20.1. The Morgan fingerprint density at radius 1 is 1.00 bits per heavy atom. The number of pyridine rings is 1. The normalized spacial score (nSPS) is 18.0. The molecule has 4 aromatic rings. The van der Waals surface area contributed by atoms with Crippen LogP contribution >= 0.6 is 0 Å². The van der Waals surface area contributed by atoms with E-state index in [-0.39, 0.29) is 32.1 Å². The fourth-order valence-electron chi connectivity index (χ4n) is 5.86. The van der Waals surface area contributed by atoms with E-state index in [2.05, 4.69) is 15.2 Å². The number of H-pyrrole nitrogens is 1. The highest BCUT2D eigenvalue weighted by Gasteiger charge is 2.48. The SMILES string of the molecule is C[N+]1(OC(=O)C(F)(F)F)CCN(C(C(=O)N2CCc3c(cnc4[nH]nc(-c5ccccc5)c34)C2)c2ccccc2)CC1. The van der Waals surface area contributed by atoms with Gasteiger partial charge in [-0.25, -0.2) is 9.78 Å². The summed E-state index contributed by atoms with van der Waals surface area (Å²) in [5.74, 6) is -2.30. The number of carbonyl (C=O) groups is 2. The molecule has 0 saturated carbocycles. The smallest absolute Gasteiger partial charge is 0.336 e. The van der Waals surface area contributed by atoms with Gasteiger partial charge >= 0.3 is 12.1 Å². The lowest BCUT2D eigenvalue weighted by Gasteiger charge is -2.42. The molecule has 218 valence electrons. The predicted molar refractivity (Wildman–Crippen MR) is 147 cm³/mol. The van der Waals surface area contributed by atoms with E-state index in [4.69, 9.17) is 4.84 Å². The van der Waals surface area contributed by atoms with Crippen molar-refractivity contribution in [2.45, 2.75) is 25.2 Å². The number of amides is 1. The van der Waals surface area contributed by atoms with Crippen LogP contribution in [-0.4, -0.2) is 87.5 Å². The summed E-state index contributed by atoms with van der Waals surface area (Å²) in [5.41, 5.74) is 5.39. The monoisotopic (exact) mass is 579 g/mol. The Bertz CT molecular complexity index is 1600. The fourth-order valence-corrected chi connectivity index (χ4v) is 5.86. The van der Waals surface area contributed by atoms with Crippen molar-refractivity contribution in [1.29, 1.82) is 0 Å². The molecule has 1 atom stereocenters. The number of fused-ring (bicyclic) bond motifs is 3. The molecule has 1 saturated heterocycles. The number of aromatic nitrogens is 3. The summed E-state index contributed by atoms with van der Waals surface area (Å²) in [4.78, 5) is 38.9. The zero-order chi connectivity index (χ0) is 29.5. The van der Waals surface area contributed by atoms with Crippen molar-refractivity contribution in [2.24, 2.45) is 0 Å². The van der Waals surface area contributed by atoms with Gasteiger partial charge in [-0.3, -0.25) is 19.6 Å². The van der Waals surface area contributed by atoms with Crippen molar-refractivity contribution in [3.05, 3.63) is 83.6 Å². The van der Waals surface area contributed by atoms with Crippen LogP contribution in [0.3, 0.4) is 0 Å². The first-order valence-electron chi connectivity index (χ1n) is 13.8.